The van der Waals surface area contributed by atoms with Crippen molar-refractivity contribution in [1.29, 1.82) is 0 Å². The molecule has 0 atom stereocenters. The highest BCUT2D eigenvalue weighted by Crippen LogP contribution is 2.26. The summed E-state index contributed by atoms with van der Waals surface area (Å²) in [5.41, 5.74) is 3.03. The number of hydrogen-bond acceptors (Lipinski definition) is 3. The average molecular weight is 324 g/mol. The molecule has 3 nitrogen and oxygen atoms in total. The van der Waals surface area contributed by atoms with Gasteiger partial charge in [-0.15, -0.1) is 0 Å². The molecular weight excluding hydrogens is 309 g/mol. The van der Waals surface area contributed by atoms with E-state index in [1.165, 1.54) is 7.11 Å². The Morgan fingerprint density at radius 3 is 2.38 bits per heavy atom. The van der Waals surface area contributed by atoms with E-state index in [1.807, 2.05) is 13.0 Å². The molecule has 2 rings (SSSR count). The maximum atomic E-state index is 11.7. The Labute approximate surface area is 133 Å². The molecule has 0 fully saturated rings. The molecule has 0 unspecified atom stereocenters. The lowest BCUT2D eigenvalue weighted by Crippen LogP contribution is -2.08. The highest BCUT2D eigenvalue weighted by molar-refractivity contribution is 6.36. The van der Waals surface area contributed by atoms with E-state index < -0.39 is 0 Å². The molecule has 110 valence electrons. The third kappa shape index (κ3) is 3.49. The molecule has 0 aliphatic rings. The molecular formula is C16H15Cl2NO2. The summed E-state index contributed by atoms with van der Waals surface area (Å²) in [4.78, 5) is 11.7. The summed E-state index contributed by atoms with van der Waals surface area (Å²) in [5.74, 6) is -0.355. The lowest BCUT2D eigenvalue weighted by Gasteiger charge is -2.13. The van der Waals surface area contributed by atoms with Gasteiger partial charge in [-0.1, -0.05) is 35.3 Å². The first-order chi connectivity index (χ1) is 10.0. The molecule has 0 spiro atoms. The second-order valence-electron chi connectivity index (χ2n) is 4.52. The summed E-state index contributed by atoms with van der Waals surface area (Å²) in [6.07, 6.45) is 0. The lowest BCUT2D eigenvalue weighted by molar-refractivity contribution is 0.0600. The number of benzene rings is 2. The van der Waals surface area contributed by atoms with Crippen molar-refractivity contribution < 1.29 is 9.53 Å². The number of ether oxygens (including phenoxy) is 1. The number of rotatable bonds is 4. The van der Waals surface area contributed by atoms with Crippen LogP contribution in [-0.2, 0) is 11.3 Å². The third-order valence-electron chi connectivity index (χ3n) is 3.26. The van der Waals surface area contributed by atoms with Gasteiger partial charge >= 0.3 is 5.97 Å². The Morgan fingerprint density at radius 1 is 1.14 bits per heavy atom. The second-order valence-corrected chi connectivity index (χ2v) is 5.34. The Balaban J connectivity index is 2.23. The Kier molecular flexibility index (Phi) is 5.10. The summed E-state index contributed by atoms with van der Waals surface area (Å²) in [5, 5.41) is 4.47. The van der Waals surface area contributed by atoms with Crippen LogP contribution >= 0.6 is 23.2 Å². The van der Waals surface area contributed by atoms with Crippen molar-refractivity contribution in [2.45, 2.75) is 13.5 Å². The van der Waals surface area contributed by atoms with Crippen LogP contribution in [0.4, 0.5) is 5.69 Å². The number of carbonyl (C=O) groups is 1. The summed E-state index contributed by atoms with van der Waals surface area (Å²) in [6.45, 7) is 2.34. The molecule has 2 aromatic rings. The average Bonchev–Trinajstić information content (AvgIpc) is 2.47. The van der Waals surface area contributed by atoms with Crippen molar-refractivity contribution in [3.05, 3.63) is 63.1 Å². The van der Waals surface area contributed by atoms with E-state index >= 15 is 0 Å². The van der Waals surface area contributed by atoms with Crippen LogP contribution in [0.25, 0.3) is 0 Å². The van der Waals surface area contributed by atoms with Crippen molar-refractivity contribution in [2.75, 3.05) is 12.4 Å². The Bertz CT molecular complexity index is 651. The van der Waals surface area contributed by atoms with Crippen molar-refractivity contribution in [1.82, 2.24) is 0 Å². The predicted octanol–water partition coefficient (Wildman–Crippen LogP) is 4.70. The first-order valence-electron chi connectivity index (χ1n) is 6.39. The van der Waals surface area contributed by atoms with Gasteiger partial charge in [-0.25, -0.2) is 4.79 Å². The van der Waals surface area contributed by atoms with Gasteiger partial charge in [-0.2, -0.15) is 0 Å². The zero-order valence-electron chi connectivity index (χ0n) is 11.7. The molecule has 0 saturated carbocycles. The van der Waals surface area contributed by atoms with Gasteiger partial charge in [-0.05, 0) is 36.8 Å². The normalized spacial score (nSPS) is 10.3. The minimum absolute atomic E-state index is 0.355. The zero-order chi connectivity index (χ0) is 15.4. The SMILES string of the molecule is COC(=O)c1cccc(NCc2c(Cl)cccc2Cl)c1C. The fourth-order valence-electron chi connectivity index (χ4n) is 2.04. The summed E-state index contributed by atoms with van der Waals surface area (Å²) in [7, 11) is 1.37. The third-order valence-corrected chi connectivity index (χ3v) is 3.96. The van der Waals surface area contributed by atoms with E-state index in [9.17, 15) is 4.79 Å². The van der Waals surface area contributed by atoms with Gasteiger partial charge in [0, 0.05) is 27.8 Å². The maximum absolute atomic E-state index is 11.7. The van der Waals surface area contributed by atoms with E-state index in [2.05, 4.69) is 5.32 Å². The van der Waals surface area contributed by atoms with Crippen LogP contribution in [0, 0.1) is 6.92 Å². The number of anilines is 1. The van der Waals surface area contributed by atoms with Crippen LogP contribution in [0.1, 0.15) is 21.5 Å². The van der Waals surface area contributed by atoms with Crippen molar-refractivity contribution >= 4 is 34.9 Å². The van der Waals surface area contributed by atoms with Crippen LogP contribution in [0.15, 0.2) is 36.4 Å². The minimum atomic E-state index is -0.355. The number of esters is 1. The first kappa shape index (κ1) is 15.7. The molecule has 5 heteroatoms. The van der Waals surface area contributed by atoms with E-state index in [0.29, 0.717) is 22.2 Å². The zero-order valence-corrected chi connectivity index (χ0v) is 13.3. The molecule has 1 N–H and O–H groups in total. The number of methoxy groups -OCH3 is 1. The van der Waals surface area contributed by atoms with Gasteiger partial charge in [0.15, 0.2) is 0 Å². The molecule has 0 saturated heterocycles. The topological polar surface area (TPSA) is 38.3 Å². The van der Waals surface area contributed by atoms with Gasteiger partial charge in [0.05, 0.1) is 12.7 Å². The molecule has 0 radical (unpaired) electrons. The number of nitrogens with one attached hydrogen (secondary N) is 1. The van der Waals surface area contributed by atoms with Crippen LogP contribution < -0.4 is 5.32 Å². The van der Waals surface area contributed by atoms with Gasteiger partial charge in [0.1, 0.15) is 0 Å². The van der Waals surface area contributed by atoms with Crippen LogP contribution in [0.5, 0.6) is 0 Å². The number of halogens is 2. The number of hydrogen-bond donors (Lipinski definition) is 1. The fraction of sp³-hybridized carbons (Fsp3) is 0.188. The molecule has 2 aromatic carbocycles. The highest BCUT2D eigenvalue weighted by Gasteiger charge is 2.12. The standard InChI is InChI=1S/C16H15Cl2NO2/c1-10-11(16(20)21-2)5-3-8-15(10)19-9-12-13(17)6-4-7-14(12)18/h3-8,19H,9H2,1-2H3. The second kappa shape index (κ2) is 6.83. The lowest BCUT2D eigenvalue weighted by atomic mass is 10.1. The van der Waals surface area contributed by atoms with Crippen LogP contribution in [0.2, 0.25) is 10.0 Å². The van der Waals surface area contributed by atoms with Crippen molar-refractivity contribution in [2.24, 2.45) is 0 Å². The minimum Gasteiger partial charge on any atom is -0.465 e. The maximum Gasteiger partial charge on any atom is 0.338 e. The van der Waals surface area contributed by atoms with E-state index in [4.69, 9.17) is 27.9 Å². The molecule has 0 aromatic heterocycles. The van der Waals surface area contributed by atoms with Gasteiger partial charge < -0.3 is 10.1 Å². The molecule has 0 aliphatic heterocycles. The molecule has 0 aliphatic carbocycles. The smallest absolute Gasteiger partial charge is 0.338 e. The molecule has 0 amide bonds. The van der Waals surface area contributed by atoms with Gasteiger partial charge in [0.25, 0.3) is 0 Å². The van der Waals surface area contributed by atoms with E-state index in [1.54, 1.807) is 30.3 Å². The van der Waals surface area contributed by atoms with Crippen LogP contribution in [0.3, 0.4) is 0 Å². The molecule has 21 heavy (non-hydrogen) atoms. The largest absolute Gasteiger partial charge is 0.465 e. The summed E-state index contributed by atoms with van der Waals surface area (Å²) in [6, 6.07) is 10.8. The Morgan fingerprint density at radius 2 is 1.76 bits per heavy atom. The monoisotopic (exact) mass is 323 g/mol. The van der Waals surface area contributed by atoms with Gasteiger partial charge in [-0.3, -0.25) is 0 Å². The van der Waals surface area contributed by atoms with E-state index in [-0.39, 0.29) is 5.97 Å². The summed E-state index contributed by atoms with van der Waals surface area (Å²) >= 11 is 12.3. The quantitative estimate of drug-likeness (QED) is 0.829. The Hall–Kier alpha value is -1.71. The van der Waals surface area contributed by atoms with Crippen LogP contribution in [-0.4, -0.2) is 13.1 Å². The molecule has 0 heterocycles. The fourth-order valence-corrected chi connectivity index (χ4v) is 2.57. The predicted molar refractivity (Wildman–Crippen MR) is 86.3 cm³/mol. The first-order valence-corrected chi connectivity index (χ1v) is 7.15. The van der Waals surface area contributed by atoms with Crippen molar-refractivity contribution in [3.63, 3.8) is 0 Å². The number of carbonyl (C=O) groups excluding carboxylic acids is 1. The summed E-state index contributed by atoms with van der Waals surface area (Å²) < 4.78 is 4.76. The van der Waals surface area contributed by atoms with Crippen molar-refractivity contribution in [3.8, 4) is 0 Å². The highest BCUT2D eigenvalue weighted by atomic mass is 35.5. The van der Waals surface area contributed by atoms with E-state index in [0.717, 1.165) is 16.8 Å². The van der Waals surface area contributed by atoms with Gasteiger partial charge in [0.2, 0.25) is 0 Å². The molecule has 0 bridgehead atoms.